The fourth-order valence-corrected chi connectivity index (χ4v) is 1.68. The van der Waals surface area contributed by atoms with E-state index < -0.39 is 11.6 Å². The van der Waals surface area contributed by atoms with Crippen molar-refractivity contribution in [3.05, 3.63) is 35.4 Å². The van der Waals surface area contributed by atoms with Crippen molar-refractivity contribution < 1.29 is 8.78 Å². The van der Waals surface area contributed by atoms with Gasteiger partial charge < -0.3 is 5.32 Å². The van der Waals surface area contributed by atoms with Crippen molar-refractivity contribution in [3.63, 3.8) is 0 Å². The molecule has 0 saturated carbocycles. The molecule has 0 aliphatic heterocycles. The zero-order chi connectivity index (χ0) is 13.3. The van der Waals surface area contributed by atoms with Gasteiger partial charge in [-0.2, -0.15) is 5.10 Å². The molecule has 0 fully saturated rings. The Morgan fingerprint density at radius 2 is 1.89 bits per heavy atom. The van der Waals surface area contributed by atoms with Gasteiger partial charge in [0.2, 0.25) is 0 Å². The summed E-state index contributed by atoms with van der Waals surface area (Å²) in [6.07, 6.45) is 0. The van der Waals surface area contributed by atoms with Crippen LogP contribution in [0.3, 0.4) is 0 Å². The molecule has 18 heavy (non-hydrogen) atoms. The second-order valence-corrected chi connectivity index (χ2v) is 4.55. The number of aryl methyl sites for hydroxylation is 1. The predicted octanol–water partition coefficient (Wildman–Crippen LogP) is 3.48. The average Bonchev–Trinajstić information content (AvgIpc) is 2.70. The van der Waals surface area contributed by atoms with Gasteiger partial charge in [-0.05, 0) is 38.5 Å². The molecule has 3 nitrogen and oxygen atoms in total. The first kappa shape index (κ1) is 12.5. The molecule has 1 heterocycles. The standard InChI is InChI=1S/C13H15F2N3/c1-7(2)16-13-6-12(17-18-13)9-5-10(14)8(3)4-11(9)15/h4-7H,1-3H3,(H2,16,17,18). The van der Waals surface area contributed by atoms with Crippen molar-refractivity contribution in [3.8, 4) is 11.3 Å². The van der Waals surface area contributed by atoms with Gasteiger partial charge >= 0.3 is 0 Å². The van der Waals surface area contributed by atoms with Crippen LogP contribution in [-0.2, 0) is 0 Å². The highest BCUT2D eigenvalue weighted by atomic mass is 19.1. The fraction of sp³-hybridized carbons (Fsp3) is 0.308. The van der Waals surface area contributed by atoms with Crippen LogP contribution < -0.4 is 5.32 Å². The molecule has 0 atom stereocenters. The maximum absolute atomic E-state index is 13.8. The number of aromatic amines is 1. The summed E-state index contributed by atoms with van der Waals surface area (Å²) >= 11 is 0. The number of halogens is 2. The Hall–Kier alpha value is -1.91. The van der Waals surface area contributed by atoms with E-state index in [9.17, 15) is 8.78 Å². The van der Waals surface area contributed by atoms with Gasteiger partial charge in [-0.25, -0.2) is 8.78 Å². The van der Waals surface area contributed by atoms with Crippen LogP contribution in [0.1, 0.15) is 19.4 Å². The van der Waals surface area contributed by atoms with Crippen LogP contribution in [0.2, 0.25) is 0 Å². The normalized spacial score (nSPS) is 11.0. The summed E-state index contributed by atoms with van der Waals surface area (Å²) in [5, 5.41) is 9.78. The summed E-state index contributed by atoms with van der Waals surface area (Å²) < 4.78 is 27.2. The van der Waals surface area contributed by atoms with E-state index in [4.69, 9.17) is 0 Å². The van der Waals surface area contributed by atoms with Crippen LogP contribution in [0.25, 0.3) is 11.3 Å². The highest BCUT2D eigenvalue weighted by Crippen LogP contribution is 2.25. The number of aromatic nitrogens is 2. The second kappa shape index (κ2) is 4.76. The van der Waals surface area contributed by atoms with Crippen LogP contribution in [0.15, 0.2) is 18.2 Å². The first-order valence-electron chi connectivity index (χ1n) is 5.75. The van der Waals surface area contributed by atoms with Crippen LogP contribution >= 0.6 is 0 Å². The van der Waals surface area contributed by atoms with Gasteiger partial charge in [0.15, 0.2) is 0 Å². The highest BCUT2D eigenvalue weighted by Gasteiger charge is 2.12. The van der Waals surface area contributed by atoms with Crippen LogP contribution in [0.5, 0.6) is 0 Å². The molecular weight excluding hydrogens is 236 g/mol. The monoisotopic (exact) mass is 251 g/mol. The van der Waals surface area contributed by atoms with E-state index in [1.165, 1.54) is 19.1 Å². The van der Waals surface area contributed by atoms with Crippen LogP contribution in [-0.4, -0.2) is 16.2 Å². The van der Waals surface area contributed by atoms with Gasteiger partial charge in [0.25, 0.3) is 0 Å². The van der Waals surface area contributed by atoms with E-state index in [-0.39, 0.29) is 17.2 Å². The lowest BCUT2D eigenvalue weighted by molar-refractivity contribution is 0.594. The molecule has 0 amide bonds. The summed E-state index contributed by atoms with van der Waals surface area (Å²) in [6.45, 7) is 5.47. The Morgan fingerprint density at radius 3 is 2.56 bits per heavy atom. The summed E-state index contributed by atoms with van der Waals surface area (Å²) in [5.74, 6) is -0.284. The minimum atomic E-state index is -0.464. The minimum Gasteiger partial charge on any atom is -0.366 e. The van der Waals surface area contributed by atoms with Gasteiger partial charge in [-0.1, -0.05) is 0 Å². The lowest BCUT2D eigenvalue weighted by Gasteiger charge is -2.04. The molecule has 5 heteroatoms. The van der Waals surface area contributed by atoms with Gasteiger partial charge in [0.1, 0.15) is 17.5 Å². The van der Waals surface area contributed by atoms with Crippen LogP contribution in [0, 0.1) is 18.6 Å². The minimum absolute atomic E-state index is 0.183. The summed E-state index contributed by atoms with van der Waals surface area (Å²) in [4.78, 5) is 0. The van der Waals surface area contributed by atoms with Gasteiger partial charge in [-0.15, -0.1) is 0 Å². The SMILES string of the molecule is Cc1cc(F)c(-c2cc(NC(C)C)n[nH]2)cc1F. The van der Waals surface area contributed by atoms with Crippen molar-refractivity contribution in [2.45, 2.75) is 26.8 Å². The van der Waals surface area contributed by atoms with Gasteiger partial charge in [0, 0.05) is 17.7 Å². The van der Waals surface area contributed by atoms with E-state index in [1.54, 1.807) is 6.07 Å². The number of benzene rings is 1. The number of hydrogen-bond acceptors (Lipinski definition) is 2. The Morgan fingerprint density at radius 1 is 1.17 bits per heavy atom. The molecule has 0 spiro atoms. The highest BCUT2D eigenvalue weighted by molar-refractivity contribution is 5.64. The van der Waals surface area contributed by atoms with Crippen molar-refractivity contribution in [1.82, 2.24) is 10.2 Å². The molecule has 0 unspecified atom stereocenters. The topological polar surface area (TPSA) is 40.7 Å². The summed E-state index contributed by atoms with van der Waals surface area (Å²) in [6, 6.07) is 4.24. The van der Waals surface area contributed by atoms with E-state index in [0.29, 0.717) is 11.5 Å². The van der Waals surface area contributed by atoms with Crippen molar-refractivity contribution in [1.29, 1.82) is 0 Å². The maximum Gasteiger partial charge on any atom is 0.148 e. The number of nitrogens with one attached hydrogen (secondary N) is 2. The Balaban J connectivity index is 2.37. The van der Waals surface area contributed by atoms with E-state index >= 15 is 0 Å². The first-order chi connectivity index (χ1) is 8.47. The zero-order valence-corrected chi connectivity index (χ0v) is 10.5. The number of anilines is 1. The third-order valence-electron chi connectivity index (χ3n) is 2.55. The van der Waals surface area contributed by atoms with Crippen LogP contribution in [0.4, 0.5) is 14.6 Å². The Kier molecular flexibility index (Phi) is 3.32. The lowest BCUT2D eigenvalue weighted by atomic mass is 10.1. The second-order valence-electron chi connectivity index (χ2n) is 4.55. The molecular formula is C13H15F2N3. The molecule has 2 rings (SSSR count). The largest absolute Gasteiger partial charge is 0.366 e. The van der Waals surface area contributed by atoms with E-state index in [1.807, 2.05) is 13.8 Å². The first-order valence-corrected chi connectivity index (χ1v) is 5.75. The Bertz CT molecular complexity index is 561. The van der Waals surface area contributed by atoms with Gasteiger partial charge in [0.05, 0.1) is 5.69 Å². The molecule has 0 aliphatic rings. The smallest absolute Gasteiger partial charge is 0.148 e. The fourth-order valence-electron chi connectivity index (χ4n) is 1.68. The van der Waals surface area contributed by atoms with Crippen molar-refractivity contribution in [2.75, 3.05) is 5.32 Å². The number of H-pyrrole nitrogens is 1. The lowest BCUT2D eigenvalue weighted by Crippen LogP contribution is -2.09. The molecule has 0 saturated heterocycles. The number of nitrogens with zero attached hydrogens (tertiary/aromatic N) is 1. The number of hydrogen-bond donors (Lipinski definition) is 2. The summed E-state index contributed by atoms with van der Waals surface area (Å²) in [7, 11) is 0. The van der Waals surface area contributed by atoms with Crippen molar-refractivity contribution >= 4 is 5.82 Å². The molecule has 2 N–H and O–H groups in total. The van der Waals surface area contributed by atoms with E-state index in [2.05, 4.69) is 15.5 Å². The Labute approximate surface area is 104 Å². The maximum atomic E-state index is 13.8. The number of rotatable bonds is 3. The van der Waals surface area contributed by atoms with E-state index in [0.717, 1.165) is 0 Å². The molecule has 96 valence electrons. The molecule has 0 bridgehead atoms. The quantitative estimate of drug-likeness (QED) is 0.876. The third-order valence-corrected chi connectivity index (χ3v) is 2.55. The molecule has 1 aromatic carbocycles. The summed E-state index contributed by atoms with van der Waals surface area (Å²) in [5.41, 5.74) is 0.924. The third kappa shape index (κ3) is 2.50. The molecule has 0 radical (unpaired) electrons. The molecule has 2 aromatic rings. The predicted molar refractivity (Wildman–Crippen MR) is 67.4 cm³/mol. The average molecular weight is 251 g/mol. The van der Waals surface area contributed by atoms with Crippen molar-refractivity contribution in [2.24, 2.45) is 0 Å². The molecule has 1 aromatic heterocycles. The zero-order valence-electron chi connectivity index (χ0n) is 10.5. The van der Waals surface area contributed by atoms with Gasteiger partial charge in [-0.3, -0.25) is 5.10 Å². The molecule has 0 aliphatic carbocycles.